The van der Waals surface area contributed by atoms with Crippen LogP contribution in [-0.2, 0) is 6.54 Å². The van der Waals surface area contributed by atoms with E-state index in [1.807, 2.05) is 18.4 Å². The van der Waals surface area contributed by atoms with Crippen molar-refractivity contribution in [2.75, 3.05) is 5.75 Å². The molecule has 0 saturated carbocycles. The lowest BCUT2D eigenvalue weighted by Crippen LogP contribution is -2.28. The molecule has 7 nitrogen and oxygen atoms in total. The van der Waals surface area contributed by atoms with Gasteiger partial charge in [0.25, 0.3) is 5.91 Å². The first-order valence-corrected chi connectivity index (χ1v) is 10.5. The van der Waals surface area contributed by atoms with Gasteiger partial charge in [-0.05, 0) is 44.2 Å². The van der Waals surface area contributed by atoms with Crippen LogP contribution in [0.5, 0.6) is 0 Å². The van der Waals surface area contributed by atoms with E-state index >= 15 is 0 Å². The molecule has 2 aromatic heterocycles. The summed E-state index contributed by atoms with van der Waals surface area (Å²) >= 11 is 13.2. The van der Waals surface area contributed by atoms with Gasteiger partial charge in [-0.2, -0.15) is 0 Å². The molecule has 0 fully saturated rings. The molecule has 152 valence electrons. The van der Waals surface area contributed by atoms with Crippen molar-refractivity contribution in [3.63, 3.8) is 0 Å². The minimum Gasteiger partial charge on any atom is -0.459 e. The molecule has 1 amide bonds. The molecule has 0 aliphatic carbocycles. The summed E-state index contributed by atoms with van der Waals surface area (Å²) in [6.07, 6.45) is 1.44. The first kappa shape index (κ1) is 21.4. The first-order chi connectivity index (χ1) is 13.9. The fourth-order valence-electron chi connectivity index (χ4n) is 2.69. The molecule has 2 heterocycles. The number of hydrogen-bond donors (Lipinski definition) is 1. The summed E-state index contributed by atoms with van der Waals surface area (Å²) < 4.78 is 6.96. The fourth-order valence-corrected chi connectivity index (χ4v) is 4.09. The number of carbonyl (C=O) groups excluding carboxylic acids is 2. The Hall–Kier alpha value is -2.29. The Bertz CT molecular complexity index is 1020. The summed E-state index contributed by atoms with van der Waals surface area (Å²) in [5.41, 5.74) is 0.408. The van der Waals surface area contributed by atoms with Gasteiger partial charge in [-0.25, -0.2) is 0 Å². The van der Waals surface area contributed by atoms with E-state index in [0.29, 0.717) is 33.1 Å². The average Bonchev–Trinajstić information content (AvgIpc) is 3.35. The number of halogens is 2. The van der Waals surface area contributed by atoms with Crippen LogP contribution in [0.2, 0.25) is 10.0 Å². The largest absolute Gasteiger partial charge is 0.459 e. The zero-order valence-corrected chi connectivity index (χ0v) is 18.0. The maximum absolute atomic E-state index is 12.5. The molecule has 0 radical (unpaired) electrons. The van der Waals surface area contributed by atoms with E-state index in [-0.39, 0.29) is 23.2 Å². The van der Waals surface area contributed by atoms with E-state index in [0.717, 1.165) is 0 Å². The average molecular weight is 453 g/mol. The molecular weight excluding hydrogens is 435 g/mol. The minimum atomic E-state index is -0.393. The molecule has 0 bridgehead atoms. The van der Waals surface area contributed by atoms with Crippen LogP contribution in [-0.4, -0.2) is 32.2 Å². The SMILES string of the molecule is CCn1c(SCC(=O)c2ccc(Cl)cc2Cl)nnc1[C@H](C)NC(=O)c1ccco1. The van der Waals surface area contributed by atoms with Gasteiger partial charge in [0.05, 0.1) is 23.1 Å². The number of hydrogen-bond acceptors (Lipinski definition) is 6. The Kier molecular flexibility index (Phi) is 7.00. The fraction of sp³-hybridized carbons (Fsp3) is 0.263. The summed E-state index contributed by atoms with van der Waals surface area (Å²) in [5.74, 6) is 0.483. The molecule has 0 saturated heterocycles. The highest BCUT2D eigenvalue weighted by molar-refractivity contribution is 7.99. The second-order valence-corrected chi connectivity index (χ2v) is 7.88. The maximum Gasteiger partial charge on any atom is 0.287 e. The van der Waals surface area contributed by atoms with E-state index in [2.05, 4.69) is 15.5 Å². The molecule has 0 aliphatic rings. The van der Waals surface area contributed by atoms with Crippen molar-refractivity contribution in [2.45, 2.75) is 31.6 Å². The second kappa shape index (κ2) is 9.47. The Balaban J connectivity index is 1.68. The Labute approximate surface area is 181 Å². The molecule has 0 unspecified atom stereocenters. The molecular formula is C19H18Cl2N4O3S. The zero-order valence-electron chi connectivity index (χ0n) is 15.7. The van der Waals surface area contributed by atoms with Crippen molar-refractivity contribution < 1.29 is 14.0 Å². The monoisotopic (exact) mass is 452 g/mol. The van der Waals surface area contributed by atoms with Gasteiger partial charge in [-0.3, -0.25) is 9.59 Å². The smallest absolute Gasteiger partial charge is 0.287 e. The molecule has 29 heavy (non-hydrogen) atoms. The van der Waals surface area contributed by atoms with E-state index < -0.39 is 6.04 Å². The third-order valence-electron chi connectivity index (χ3n) is 4.11. The van der Waals surface area contributed by atoms with Crippen molar-refractivity contribution in [2.24, 2.45) is 0 Å². The van der Waals surface area contributed by atoms with Crippen molar-refractivity contribution in [1.29, 1.82) is 0 Å². The van der Waals surface area contributed by atoms with Gasteiger partial charge in [0.15, 0.2) is 22.5 Å². The van der Waals surface area contributed by atoms with Gasteiger partial charge in [0.2, 0.25) is 0 Å². The molecule has 0 spiro atoms. The summed E-state index contributed by atoms with van der Waals surface area (Å²) in [7, 11) is 0. The number of benzene rings is 1. The van der Waals surface area contributed by atoms with Crippen LogP contribution >= 0.6 is 35.0 Å². The predicted octanol–water partition coefficient (Wildman–Crippen LogP) is 4.66. The molecule has 10 heteroatoms. The number of rotatable bonds is 8. The van der Waals surface area contributed by atoms with Crippen LogP contribution in [0.3, 0.4) is 0 Å². The number of nitrogens with zero attached hydrogens (tertiary/aromatic N) is 3. The quantitative estimate of drug-likeness (QED) is 0.394. The Morgan fingerprint density at radius 3 is 2.72 bits per heavy atom. The highest BCUT2D eigenvalue weighted by Crippen LogP contribution is 2.25. The Morgan fingerprint density at radius 1 is 1.28 bits per heavy atom. The molecule has 3 aromatic rings. The summed E-state index contributed by atoms with van der Waals surface area (Å²) in [6, 6.07) is 7.61. The van der Waals surface area contributed by atoms with Crippen LogP contribution in [0.25, 0.3) is 0 Å². The van der Waals surface area contributed by atoms with Crippen molar-refractivity contribution in [1.82, 2.24) is 20.1 Å². The Morgan fingerprint density at radius 2 is 2.07 bits per heavy atom. The highest BCUT2D eigenvalue weighted by atomic mass is 35.5. The van der Waals surface area contributed by atoms with Crippen molar-refractivity contribution in [3.8, 4) is 0 Å². The number of ketones is 1. The predicted molar refractivity (Wildman–Crippen MR) is 112 cm³/mol. The number of nitrogens with one attached hydrogen (secondary N) is 1. The number of aromatic nitrogens is 3. The number of thioether (sulfide) groups is 1. The molecule has 1 N–H and O–H groups in total. The zero-order chi connectivity index (χ0) is 21.0. The number of Topliss-reactive ketones (excluding diaryl/α,β-unsaturated/α-hetero) is 1. The summed E-state index contributed by atoms with van der Waals surface area (Å²) in [4.78, 5) is 24.7. The topological polar surface area (TPSA) is 90.0 Å². The van der Waals surface area contributed by atoms with E-state index in [1.165, 1.54) is 24.1 Å². The van der Waals surface area contributed by atoms with Crippen LogP contribution in [0.4, 0.5) is 0 Å². The van der Waals surface area contributed by atoms with Gasteiger partial charge in [0.1, 0.15) is 0 Å². The molecule has 1 atom stereocenters. The summed E-state index contributed by atoms with van der Waals surface area (Å²) in [6.45, 7) is 4.33. The summed E-state index contributed by atoms with van der Waals surface area (Å²) in [5, 5.41) is 12.6. The van der Waals surface area contributed by atoms with E-state index in [1.54, 1.807) is 24.3 Å². The van der Waals surface area contributed by atoms with Crippen molar-refractivity contribution >= 4 is 46.7 Å². The first-order valence-electron chi connectivity index (χ1n) is 8.79. The lowest BCUT2D eigenvalue weighted by atomic mass is 10.1. The van der Waals surface area contributed by atoms with Crippen LogP contribution in [0, 0.1) is 0 Å². The van der Waals surface area contributed by atoms with Gasteiger partial charge in [0, 0.05) is 17.1 Å². The van der Waals surface area contributed by atoms with E-state index in [9.17, 15) is 9.59 Å². The lowest BCUT2D eigenvalue weighted by Gasteiger charge is -2.14. The second-order valence-electron chi connectivity index (χ2n) is 6.09. The number of furan rings is 1. The van der Waals surface area contributed by atoms with Crippen LogP contribution in [0.1, 0.15) is 46.6 Å². The highest BCUT2D eigenvalue weighted by Gasteiger charge is 2.21. The lowest BCUT2D eigenvalue weighted by molar-refractivity contribution is 0.0909. The minimum absolute atomic E-state index is 0.136. The van der Waals surface area contributed by atoms with Crippen LogP contribution < -0.4 is 5.32 Å². The van der Waals surface area contributed by atoms with Gasteiger partial charge < -0.3 is 14.3 Å². The number of amides is 1. The normalized spacial score (nSPS) is 12.0. The standard InChI is InChI=1S/C19H18Cl2N4O3S/c1-3-25-17(11(2)22-18(27)16-5-4-8-28-16)23-24-19(25)29-10-15(26)13-7-6-12(20)9-14(13)21/h4-9,11H,3,10H2,1-2H3,(H,22,27)/t11-/m0/s1. The maximum atomic E-state index is 12.5. The van der Waals surface area contributed by atoms with E-state index in [4.69, 9.17) is 27.6 Å². The molecule has 1 aromatic carbocycles. The third-order valence-corrected chi connectivity index (χ3v) is 5.62. The molecule has 3 rings (SSSR count). The molecule has 0 aliphatic heterocycles. The van der Waals surface area contributed by atoms with Crippen LogP contribution in [0.15, 0.2) is 46.2 Å². The van der Waals surface area contributed by atoms with Gasteiger partial charge >= 0.3 is 0 Å². The third kappa shape index (κ3) is 5.01. The van der Waals surface area contributed by atoms with Crippen molar-refractivity contribution in [3.05, 3.63) is 63.8 Å². The van der Waals surface area contributed by atoms with Gasteiger partial charge in [-0.1, -0.05) is 35.0 Å². The van der Waals surface area contributed by atoms with Gasteiger partial charge in [-0.15, -0.1) is 10.2 Å². The number of carbonyl (C=O) groups is 2.